The molecule has 0 bridgehead atoms. The second-order valence-electron chi connectivity index (χ2n) is 9.69. The van der Waals surface area contributed by atoms with Gasteiger partial charge in [-0.25, -0.2) is 4.98 Å². The Balaban J connectivity index is 1.50. The predicted octanol–water partition coefficient (Wildman–Crippen LogP) is 4.48. The normalized spacial score (nSPS) is 15.6. The van der Waals surface area contributed by atoms with Crippen LogP contribution in [0.5, 0.6) is 0 Å². The van der Waals surface area contributed by atoms with Gasteiger partial charge >= 0.3 is 0 Å². The van der Waals surface area contributed by atoms with Gasteiger partial charge in [-0.15, -0.1) is 0 Å². The van der Waals surface area contributed by atoms with Gasteiger partial charge in [0.25, 0.3) is 11.5 Å². The number of benzene rings is 2. The summed E-state index contributed by atoms with van der Waals surface area (Å²) in [7, 11) is 0. The van der Waals surface area contributed by atoms with Crippen LogP contribution in [0.1, 0.15) is 53.1 Å². The minimum absolute atomic E-state index is 0.0133. The lowest BCUT2D eigenvalue weighted by molar-refractivity contribution is 0.0936. The van der Waals surface area contributed by atoms with Crippen molar-refractivity contribution in [3.8, 4) is 0 Å². The zero-order chi connectivity index (χ0) is 26.1. The second kappa shape index (κ2) is 10.5. The van der Waals surface area contributed by atoms with Crippen LogP contribution in [0, 0.1) is 6.92 Å². The van der Waals surface area contributed by atoms with E-state index in [-0.39, 0.29) is 35.1 Å². The van der Waals surface area contributed by atoms with Crippen LogP contribution in [0.25, 0.3) is 21.8 Å². The fourth-order valence-corrected chi connectivity index (χ4v) is 5.67. The van der Waals surface area contributed by atoms with Crippen molar-refractivity contribution in [1.82, 2.24) is 19.9 Å². The van der Waals surface area contributed by atoms with Gasteiger partial charge in [0.1, 0.15) is 0 Å². The third kappa shape index (κ3) is 5.19. The molecule has 2 aromatic heterocycles. The zero-order valence-electron chi connectivity index (χ0n) is 21.2. The number of aromatic nitrogens is 3. The molecule has 2 aromatic carbocycles. The minimum atomic E-state index is -0.221. The Hall–Kier alpha value is -3.43. The summed E-state index contributed by atoms with van der Waals surface area (Å²) >= 11 is 1.24. The average Bonchev–Trinajstić information content (AvgIpc) is 3.50. The average molecular weight is 519 g/mol. The molecule has 0 aliphatic carbocycles. The van der Waals surface area contributed by atoms with Crippen molar-refractivity contribution in [2.24, 2.45) is 0 Å². The number of H-pyrrole nitrogens is 1. The Morgan fingerprint density at radius 2 is 2.03 bits per heavy atom. The van der Waals surface area contributed by atoms with Gasteiger partial charge in [-0.05, 0) is 57.9 Å². The number of nitrogens with one attached hydrogen (secondary N) is 2. The van der Waals surface area contributed by atoms with E-state index in [0.29, 0.717) is 40.3 Å². The number of ether oxygens (including phenoxy) is 1. The summed E-state index contributed by atoms with van der Waals surface area (Å²) in [5.41, 5.74) is 3.06. The van der Waals surface area contributed by atoms with Crippen LogP contribution in [-0.4, -0.2) is 50.7 Å². The first-order chi connectivity index (χ1) is 17.8. The number of fused-ring (bicyclic) bond motifs is 2. The Morgan fingerprint density at radius 3 is 2.78 bits per heavy atom. The first kappa shape index (κ1) is 25.2. The largest absolute Gasteiger partial charge is 0.376 e. The van der Waals surface area contributed by atoms with Gasteiger partial charge in [0.05, 0.1) is 29.3 Å². The maximum Gasteiger partial charge on any atom is 0.262 e. The number of rotatable bonds is 8. The van der Waals surface area contributed by atoms with E-state index in [2.05, 4.69) is 10.3 Å². The molecule has 1 aliphatic rings. The van der Waals surface area contributed by atoms with E-state index >= 15 is 0 Å². The highest BCUT2D eigenvalue weighted by atomic mass is 32.2. The van der Waals surface area contributed by atoms with E-state index < -0.39 is 0 Å². The number of hydrogen-bond acceptors (Lipinski definition) is 6. The summed E-state index contributed by atoms with van der Waals surface area (Å²) < 4.78 is 7.41. The molecule has 1 amide bonds. The van der Waals surface area contributed by atoms with Gasteiger partial charge in [-0.1, -0.05) is 30.0 Å². The van der Waals surface area contributed by atoms with Gasteiger partial charge in [-0.3, -0.25) is 19.0 Å². The van der Waals surface area contributed by atoms with E-state index in [4.69, 9.17) is 9.72 Å². The summed E-state index contributed by atoms with van der Waals surface area (Å²) in [5, 5.41) is 4.63. The molecule has 192 valence electrons. The summed E-state index contributed by atoms with van der Waals surface area (Å²) in [5.74, 6) is -0.135. The predicted molar refractivity (Wildman–Crippen MR) is 146 cm³/mol. The van der Waals surface area contributed by atoms with Gasteiger partial charge in [-0.2, -0.15) is 0 Å². The van der Waals surface area contributed by atoms with Gasteiger partial charge in [0, 0.05) is 40.4 Å². The second-order valence-corrected chi connectivity index (χ2v) is 10.6. The fourth-order valence-electron chi connectivity index (χ4n) is 4.79. The Bertz CT molecular complexity index is 1550. The van der Waals surface area contributed by atoms with Crippen molar-refractivity contribution in [1.29, 1.82) is 0 Å². The number of Topliss-reactive ketones (excluding diaryl/α,β-unsaturated/α-hetero) is 1. The monoisotopic (exact) mass is 518 g/mol. The number of thioether (sulfide) groups is 1. The summed E-state index contributed by atoms with van der Waals surface area (Å²) in [6.07, 6.45) is 1.75. The number of amides is 1. The van der Waals surface area contributed by atoms with Crippen molar-refractivity contribution >= 4 is 45.3 Å². The number of carbonyl (C=O) groups is 2. The van der Waals surface area contributed by atoms with Crippen LogP contribution in [0.15, 0.2) is 52.4 Å². The van der Waals surface area contributed by atoms with Gasteiger partial charge in [0.2, 0.25) is 0 Å². The number of nitrogens with zero attached hydrogens (tertiary/aromatic N) is 2. The van der Waals surface area contributed by atoms with Crippen LogP contribution < -0.4 is 10.9 Å². The van der Waals surface area contributed by atoms with Crippen molar-refractivity contribution in [3.05, 3.63) is 69.6 Å². The van der Waals surface area contributed by atoms with Crippen LogP contribution in [0.2, 0.25) is 0 Å². The lowest BCUT2D eigenvalue weighted by Gasteiger charge is -2.17. The molecule has 0 saturated carbocycles. The maximum absolute atomic E-state index is 13.6. The molecule has 1 aliphatic heterocycles. The van der Waals surface area contributed by atoms with Crippen molar-refractivity contribution in [3.63, 3.8) is 0 Å². The van der Waals surface area contributed by atoms with Crippen LogP contribution in [0.3, 0.4) is 0 Å². The molecule has 0 radical (unpaired) electrons. The SMILES string of the molecule is Cc1[nH]c2ccccc2c1C(=O)CSc1nc2cc(C(=O)NC(C)C)ccc2c(=O)n1C[C@@H]1CCCO1. The van der Waals surface area contributed by atoms with Crippen molar-refractivity contribution in [2.75, 3.05) is 12.4 Å². The topological polar surface area (TPSA) is 106 Å². The Kier molecular flexibility index (Phi) is 7.17. The maximum atomic E-state index is 13.6. The molecule has 1 atom stereocenters. The number of aromatic amines is 1. The van der Waals surface area contributed by atoms with Crippen molar-refractivity contribution in [2.45, 2.75) is 57.5 Å². The van der Waals surface area contributed by atoms with E-state index in [1.807, 2.05) is 45.0 Å². The molecule has 4 aromatic rings. The molecule has 37 heavy (non-hydrogen) atoms. The molecular weight excluding hydrogens is 488 g/mol. The van der Waals surface area contributed by atoms with Crippen LogP contribution in [-0.2, 0) is 11.3 Å². The minimum Gasteiger partial charge on any atom is -0.376 e. The molecule has 9 heteroatoms. The summed E-state index contributed by atoms with van der Waals surface area (Å²) in [4.78, 5) is 47.5. The lowest BCUT2D eigenvalue weighted by atomic mass is 10.1. The molecule has 5 rings (SSSR count). The fraction of sp³-hybridized carbons (Fsp3) is 0.357. The molecule has 8 nitrogen and oxygen atoms in total. The first-order valence-corrected chi connectivity index (χ1v) is 13.5. The van der Waals surface area contributed by atoms with Crippen LogP contribution in [0.4, 0.5) is 0 Å². The van der Waals surface area contributed by atoms with E-state index in [1.165, 1.54) is 11.8 Å². The third-order valence-electron chi connectivity index (χ3n) is 6.52. The summed E-state index contributed by atoms with van der Waals surface area (Å²) in [6, 6.07) is 12.7. The highest BCUT2D eigenvalue weighted by Crippen LogP contribution is 2.26. The quantitative estimate of drug-likeness (QED) is 0.202. The smallest absolute Gasteiger partial charge is 0.262 e. The number of aryl methyl sites for hydroxylation is 1. The molecule has 0 spiro atoms. The molecule has 1 fully saturated rings. The van der Waals surface area contributed by atoms with Crippen LogP contribution >= 0.6 is 11.8 Å². The number of carbonyl (C=O) groups excluding carboxylic acids is 2. The number of para-hydroxylation sites is 1. The first-order valence-electron chi connectivity index (χ1n) is 12.5. The Morgan fingerprint density at radius 1 is 1.22 bits per heavy atom. The molecule has 3 heterocycles. The lowest BCUT2D eigenvalue weighted by Crippen LogP contribution is -2.31. The number of hydrogen-bond donors (Lipinski definition) is 2. The highest BCUT2D eigenvalue weighted by molar-refractivity contribution is 7.99. The highest BCUT2D eigenvalue weighted by Gasteiger charge is 2.22. The zero-order valence-corrected chi connectivity index (χ0v) is 22.0. The Labute approximate surface area is 218 Å². The van der Waals surface area contributed by atoms with Crippen molar-refractivity contribution < 1.29 is 14.3 Å². The third-order valence-corrected chi connectivity index (χ3v) is 7.49. The molecule has 2 N–H and O–H groups in total. The van der Waals surface area contributed by atoms with Gasteiger partial charge < -0.3 is 15.0 Å². The van der Waals surface area contributed by atoms with Gasteiger partial charge in [0.15, 0.2) is 10.9 Å². The van der Waals surface area contributed by atoms with E-state index in [9.17, 15) is 14.4 Å². The van der Waals surface area contributed by atoms with E-state index in [1.54, 1.807) is 22.8 Å². The molecule has 0 unspecified atom stereocenters. The molecule has 1 saturated heterocycles. The standard InChI is InChI=1S/C28H30N4O4S/c1-16(2)29-26(34)18-10-11-21-23(13-18)31-28(32(27(21)35)14-19-7-6-12-36-19)37-15-24(33)25-17(3)30-22-9-5-4-8-20(22)25/h4-5,8-11,13,16,19,30H,6-7,12,14-15H2,1-3H3,(H,29,34)/t19-/m0/s1. The van der Waals surface area contributed by atoms with E-state index in [0.717, 1.165) is 29.4 Å². The summed E-state index contributed by atoms with van der Waals surface area (Å²) in [6.45, 7) is 6.73. The molecular formula is C28H30N4O4S. The number of ketones is 1.